The van der Waals surface area contributed by atoms with Crippen LogP contribution in [0.15, 0.2) is 94.4 Å². The highest BCUT2D eigenvalue weighted by molar-refractivity contribution is 7.92. The van der Waals surface area contributed by atoms with E-state index < -0.39 is 30.9 Å². The summed E-state index contributed by atoms with van der Waals surface area (Å²) in [6.07, 6.45) is 3.04. The monoisotopic (exact) mass is 466 g/mol. The minimum absolute atomic E-state index is 0.0256. The molecule has 1 unspecified atom stereocenters. The van der Waals surface area contributed by atoms with E-state index >= 15 is 0 Å². The van der Waals surface area contributed by atoms with E-state index in [1.54, 1.807) is 48.5 Å². The van der Waals surface area contributed by atoms with Crippen molar-refractivity contribution >= 4 is 25.6 Å². The lowest BCUT2D eigenvalue weighted by molar-refractivity contribution is 0.101. The largest absolute Gasteiger partial charge is 0.287 e. The van der Waals surface area contributed by atoms with Gasteiger partial charge in [-0.3, -0.25) is 4.79 Å². The van der Waals surface area contributed by atoms with Gasteiger partial charge in [-0.2, -0.15) is 5.26 Å². The average molecular weight is 467 g/mol. The summed E-state index contributed by atoms with van der Waals surface area (Å²) in [4.78, 5) is 13.2. The first-order chi connectivity index (χ1) is 15.3. The quantitative estimate of drug-likeness (QED) is 0.534. The molecule has 1 aliphatic rings. The van der Waals surface area contributed by atoms with Crippen LogP contribution < -0.4 is 0 Å². The van der Waals surface area contributed by atoms with E-state index in [9.17, 15) is 26.9 Å². The van der Waals surface area contributed by atoms with Gasteiger partial charge in [0.2, 0.25) is 5.78 Å². The highest BCUT2D eigenvalue weighted by atomic mass is 32.2. The second-order valence-corrected chi connectivity index (χ2v) is 11.1. The minimum atomic E-state index is -4.03. The van der Waals surface area contributed by atoms with Gasteiger partial charge in [0.15, 0.2) is 15.1 Å². The van der Waals surface area contributed by atoms with Crippen LogP contribution >= 0.6 is 0 Å². The van der Waals surface area contributed by atoms with Crippen LogP contribution in [0, 0.1) is 11.3 Å². The van der Waals surface area contributed by atoms with Crippen molar-refractivity contribution in [1.82, 2.24) is 3.97 Å². The highest BCUT2D eigenvalue weighted by Gasteiger charge is 2.33. The van der Waals surface area contributed by atoms with Crippen LogP contribution in [0.3, 0.4) is 0 Å². The molecule has 4 rings (SSSR count). The van der Waals surface area contributed by atoms with E-state index in [0.717, 1.165) is 10.0 Å². The Morgan fingerprint density at radius 1 is 0.875 bits per heavy atom. The molecule has 0 saturated carbocycles. The molecule has 162 valence electrons. The molecule has 0 bridgehead atoms. The van der Waals surface area contributed by atoms with Gasteiger partial charge in [-0.25, -0.2) is 20.8 Å². The van der Waals surface area contributed by atoms with Crippen molar-refractivity contribution in [3.63, 3.8) is 0 Å². The van der Waals surface area contributed by atoms with E-state index in [0.29, 0.717) is 12.0 Å². The van der Waals surface area contributed by atoms with Crippen LogP contribution in [0.5, 0.6) is 0 Å². The zero-order chi connectivity index (χ0) is 22.9. The van der Waals surface area contributed by atoms with E-state index in [2.05, 4.69) is 0 Å². The van der Waals surface area contributed by atoms with Gasteiger partial charge < -0.3 is 0 Å². The molecule has 0 radical (unpaired) electrons. The summed E-state index contributed by atoms with van der Waals surface area (Å²) in [6, 6.07) is 18.6. The van der Waals surface area contributed by atoms with Gasteiger partial charge in [0.25, 0.3) is 10.0 Å². The Morgan fingerprint density at radius 3 is 2.06 bits per heavy atom. The Kier molecular flexibility index (Phi) is 5.59. The first-order valence-corrected chi connectivity index (χ1v) is 12.7. The standard InChI is InChI=1S/C23H18N2O5S2/c24-16-21(31(27,28)19-7-3-1-4-8-19)15-18-12-11-17-13-14-25(22(17)23(18)26)32(29,30)20-9-5-2-6-10-20/h1-10,13-15,21H,11-12H2/b18-15-. The van der Waals surface area contributed by atoms with E-state index in [1.165, 1.54) is 30.5 Å². The predicted octanol–water partition coefficient (Wildman–Crippen LogP) is 3.15. The molecule has 0 saturated heterocycles. The van der Waals surface area contributed by atoms with Crippen molar-refractivity contribution in [2.75, 3.05) is 0 Å². The maximum absolute atomic E-state index is 13.2. The maximum atomic E-state index is 13.2. The number of aryl methyl sites for hydroxylation is 1. The molecular weight excluding hydrogens is 448 g/mol. The van der Waals surface area contributed by atoms with E-state index in [4.69, 9.17) is 0 Å². The molecule has 1 atom stereocenters. The Labute approximate surface area is 186 Å². The number of nitriles is 1. The molecule has 3 aromatic rings. The molecule has 1 aromatic heterocycles. The number of Topliss-reactive ketones (excluding diaryl/α,β-unsaturated/α-hetero) is 1. The number of carbonyl (C=O) groups excluding carboxylic acids is 1. The van der Waals surface area contributed by atoms with Crippen LogP contribution in [0.25, 0.3) is 0 Å². The van der Waals surface area contributed by atoms with Gasteiger partial charge in [0.1, 0.15) is 5.69 Å². The number of ketones is 1. The molecular formula is C23H18N2O5S2. The fourth-order valence-electron chi connectivity index (χ4n) is 3.64. The summed E-state index contributed by atoms with van der Waals surface area (Å²) in [5.74, 6) is -0.598. The molecule has 0 fully saturated rings. The number of allylic oxidation sites excluding steroid dienone is 1. The van der Waals surface area contributed by atoms with Gasteiger partial charge in [-0.05, 0) is 54.8 Å². The molecule has 9 heteroatoms. The highest BCUT2D eigenvalue weighted by Crippen LogP contribution is 2.30. The summed E-state index contributed by atoms with van der Waals surface area (Å²) in [5, 5.41) is 7.97. The average Bonchev–Trinajstić information content (AvgIpc) is 3.25. The molecule has 0 amide bonds. The summed E-state index contributed by atoms with van der Waals surface area (Å²) >= 11 is 0. The van der Waals surface area contributed by atoms with Crippen molar-refractivity contribution in [3.05, 3.63) is 95.8 Å². The topological polar surface area (TPSA) is 114 Å². The smallest absolute Gasteiger partial charge is 0.268 e. The van der Waals surface area contributed by atoms with Crippen molar-refractivity contribution in [2.24, 2.45) is 0 Å². The second kappa shape index (κ2) is 8.22. The molecule has 1 aliphatic carbocycles. The van der Waals surface area contributed by atoms with Crippen LogP contribution in [0.2, 0.25) is 0 Å². The minimum Gasteiger partial charge on any atom is -0.287 e. The zero-order valence-corrected chi connectivity index (χ0v) is 18.4. The third-order valence-electron chi connectivity index (χ3n) is 5.29. The first kappa shape index (κ1) is 21.7. The lowest BCUT2D eigenvalue weighted by atomic mass is 9.91. The number of sulfone groups is 1. The first-order valence-electron chi connectivity index (χ1n) is 9.71. The predicted molar refractivity (Wildman–Crippen MR) is 117 cm³/mol. The number of nitrogens with zero attached hydrogens (tertiary/aromatic N) is 2. The van der Waals surface area contributed by atoms with Gasteiger partial charge in [-0.15, -0.1) is 0 Å². The van der Waals surface area contributed by atoms with Gasteiger partial charge in [0, 0.05) is 11.8 Å². The van der Waals surface area contributed by atoms with Crippen molar-refractivity contribution < 1.29 is 21.6 Å². The summed E-state index contributed by atoms with van der Waals surface area (Å²) < 4.78 is 52.8. The van der Waals surface area contributed by atoms with Crippen molar-refractivity contribution in [3.8, 4) is 6.07 Å². The van der Waals surface area contributed by atoms with Crippen molar-refractivity contribution in [1.29, 1.82) is 5.26 Å². The Morgan fingerprint density at radius 2 is 1.47 bits per heavy atom. The summed E-state index contributed by atoms with van der Waals surface area (Å²) in [6.45, 7) is 0. The number of hydrogen-bond donors (Lipinski definition) is 0. The lowest BCUT2D eigenvalue weighted by Gasteiger charge is -2.18. The summed E-state index contributed by atoms with van der Waals surface area (Å²) in [7, 11) is -8.05. The molecule has 7 nitrogen and oxygen atoms in total. The van der Waals surface area contributed by atoms with E-state index in [-0.39, 0.29) is 27.5 Å². The number of benzene rings is 2. The Balaban J connectivity index is 1.76. The summed E-state index contributed by atoms with van der Waals surface area (Å²) in [5.41, 5.74) is 0.637. The van der Waals surface area contributed by atoms with Gasteiger partial charge >= 0.3 is 0 Å². The fourth-order valence-corrected chi connectivity index (χ4v) is 6.34. The van der Waals surface area contributed by atoms with Gasteiger partial charge in [-0.1, -0.05) is 36.4 Å². The van der Waals surface area contributed by atoms with Crippen LogP contribution in [-0.2, 0) is 26.3 Å². The maximum Gasteiger partial charge on any atom is 0.268 e. The fraction of sp³-hybridized carbons (Fsp3) is 0.130. The molecule has 32 heavy (non-hydrogen) atoms. The number of aromatic nitrogens is 1. The Bertz CT molecular complexity index is 1460. The van der Waals surface area contributed by atoms with Gasteiger partial charge in [0.05, 0.1) is 15.9 Å². The number of hydrogen-bond acceptors (Lipinski definition) is 6. The molecule has 0 aliphatic heterocycles. The van der Waals surface area contributed by atoms with Crippen LogP contribution in [0.1, 0.15) is 22.5 Å². The number of carbonyl (C=O) groups is 1. The van der Waals surface area contributed by atoms with Crippen LogP contribution in [0.4, 0.5) is 0 Å². The third-order valence-corrected chi connectivity index (χ3v) is 8.82. The number of fused-ring (bicyclic) bond motifs is 1. The molecule has 0 spiro atoms. The Hall–Kier alpha value is -3.48. The molecule has 0 N–H and O–H groups in total. The normalized spacial score (nSPS) is 16.3. The molecule has 1 heterocycles. The SMILES string of the molecule is N#CC(/C=C1/CCc2ccn(S(=O)(=O)c3ccccc3)c2C1=O)S(=O)(=O)c1ccccc1. The van der Waals surface area contributed by atoms with E-state index in [1.807, 2.05) is 0 Å². The lowest BCUT2D eigenvalue weighted by Crippen LogP contribution is -2.25. The zero-order valence-electron chi connectivity index (χ0n) is 16.7. The van der Waals surface area contributed by atoms with Crippen LogP contribution in [-0.4, -0.2) is 31.8 Å². The van der Waals surface area contributed by atoms with Crippen molar-refractivity contribution in [2.45, 2.75) is 27.9 Å². The second-order valence-electron chi connectivity index (χ2n) is 7.23. The molecule has 2 aromatic carbocycles. The third kappa shape index (κ3) is 3.68. The number of rotatable bonds is 5.